The number of hydrogen-bond donors (Lipinski definition) is 0. The Bertz CT molecular complexity index is 474. The van der Waals surface area contributed by atoms with Gasteiger partial charge in [0.05, 0.1) is 23.8 Å². The first-order chi connectivity index (χ1) is 12.3. The van der Waals surface area contributed by atoms with Crippen molar-refractivity contribution in [1.29, 1.82) is 0 Å². The number of allylic oxidation sites excluding steroid dienone is 2. The van der Waals surface area contributed by atoms with Gasteiger partial charge in [-0.1, -0.05) is 33.6 Å². The molecule has 9 heteroatoms. The van der Waals surface area contributed by atoms with Crippen LogP contribution in [0.1, 0.15) is 67.2 Å². The fraction of sp³-hybridized carbons (Fsp3) is 0.632. The monoisotopic (exact) mass is 412 g/mol. The van der Waals surface area contributed by atoms with Crippen LogP contribution in [0.15, 0.2) is 11.8 Å². The van der Waals surface area contributed by atoms with Crippen molar-refractivity contribution in [1.82, 2.24) is 0 Å². The van der Waals surface area contributed by atoms with E-state index >= 15 is 0 Å². The van der Waals surface area contributed by atoms with Crippen LogP contribution in [0.4, 0.5) is 0 Å². The molecule has 0 aromatic rings. The molecule has 28 heavy (non-hydrogen) atoms. The Kier molecular flexibility index (Phi) is 23.7. The van der Waals surface area contributed by atoms with Crippen LogP contribution in [0.25, 0.3) is 0 Å². The van der Waals surface area contributed by atoms with E-state index in [0.717, 1.165) is 6.08 Å². The van der Waals surface area contributed by atoms with Crippen LogP contribution < -0.4 is 15.3 Å². The fourth-order valence-corrected chi connectivity index (χ4v) is 1.84. The molecular formula is C19H29AlO8. The minimum atomic E-state index is -1.26. The molecule has 0 aliphatic heterocycles. The zero-order chi connectivity index (χ0) is 22.2. The number of rotatable bonds is 9. The number of ketones is 3. The smallest absolute Gasteiger partial charge is 0.876 e. The van der Waals surface area contributed by atoms with Gasteiger partial charge in [-0.3, -0.25) is 14.4 Å². The quantitative estimate of drug-likeness (QED) is 0.201. The molecule has 0 aliphatic rings. The third-order valence-corrected chi connectivity index (χ3v) is 3.11. The Balaban J connectivity index is -0.000000154. The van der Waals surface area contributed by atoms with E-state index in [9.17, 15) is 39.3 Å². The molecule has 0 heterocycles. The summed E-state index contributed by atoms with van der Waals surface area (Å²) in [5, 5.41) is 30.4. The van der Waals surface area contributed by atoms with Gasteiger partial charge in [0.1, 0.15) is 11.6 Å². The summed E-state index contributed by atoms with van der Waals surface area (Å²) in [5.41, 5.74) is 0. The molecule has 156 valence electrons. The second kappa shape index (κ2) is 19.8. The standard InChI is InChI=1S/2C7H12O3.C5H8O2.Al/c2*1-3-4-6(5(2)8)7(9)10;1-4(6)3-5(2)7;/h2*6H,3-4H2,1-2H3,(H,9,10);3,6H,1-2H3;/q;;;+3/p-3/b;;4-3-;. The summed E-state index contributed by atoms with van der Waals surface area (Å²) in [6, 6.07) is 0. The number of carboxylic acids is 2. The number of aliphatic carboxylic acids is 2. The van der Waals surface area contributed by atoms with Gasteiger partial charge in [-0.05, 0) is 39.7 Å². The normalized spacial score (nSPS) is 11.9. The summed E-state index contributed by atoms with van der Waals surface area (Å²) in [5.74, 6) is -5.32. The minimum absolute atomic E-state index is 0. The van der Waals surface area contributed by atoms with E-state index in [0.29, 0.717) is 25.7 Å². The zero-order valence-corrected chi connectivity index (χ0v) is 18.6. The first kappa shape index (κ1) is 33.6. The molecule has 0 amide bonds. The summed E-state index contributed by atoms with van der Waals surface area (Å²) in [6.07, 6.45) is 3.21. The van der Waals surface area contributed by atoms with Crippen LogP contribution in [-0.4, -0.2) is 46.6 Å². The van der Waals surface area contributed by atoms with Crippen molar-refractivity contribution in [3.05, 3.63) is 11.8 Å². The van der Waals surface area contributed by atoms with Gasteiger partial charge in [0.25, 0.3) is 0 Å². The number of carboxylic acid groups (broad SMARTS) is 2. The molecule has 2 unspecified atom stereocenters. The summed E-state index contributed by atoms with van der Waals surface area (Å²) < 4.78 is 0. The van der Waals surface area contributed by atoms with Gasteiger partial charge in [-0.2, -0.15) is 0 Å². The van der Waals surface area contributed by atoms with Crippen molar-refractivity contribution in [2.75, 3.05) is 0 Å². The molecule has 0 fully saturated rings. The molecule has 0 rings (SSSR count). The molecule has 0 bridgehead atoms. The molecular weight excluding hydrogens is 383 g/mol. The second-order valence-electron chi connectivity index (χ2n) is 5.91. The number of carbonyl (C=O) groups is 5. The Hall–Kier alpha value is -1.98. The summed E-state index contributed by atoms with van der Waals surface area (Å²) in [7, 11) is 0. The van der Waals surface area contributed by atoms with Gasteiger partial charge in [-0.25, -0.2) is 0 Å². The fourth-order valence-electron chi connectivity index (χ4n) is 1.84. The molecule has 0 aromatic carbocycles. The van der Waals surface area contributed by atoms with Gasteiger partial charge in [0, 0.05) is 0 Å². The second-order valence-corrected chi connectivity index (χ2v) is 5.91. The molecule has 0 aromatic heterocycles. The van der Waals surface area contributed by atoms with Crippen LogP contribution in [0, 0.1) is 11.8 Å². The van der Waals surface area contributed by atoms with Crippen molar-refractivity contribution in [3.8, 4) is 0 Å². The summed E-state index contributed by atoms with van der Waals surface area (Å²) in [4.78, 5) is 51.5. The maximum atomic E-state index is 10.6. The average molecular weight is 412 g/mol. The van der Waals surface area contributed by atoms with Crippen molar-refractivity contribution in [2.45, 2.75) is 67.2 Å². The van der Waals surface area contributed by atoms with E-state index in [4.69, 9.17) is 0 Å². The van der Waals surface area contributed by atoms with Crippen molar-refractivity contribution < 1.29 is 39.3 Å². The van der Waals surface area contributed by atoms with Crippen LogP contribution >= 0.6 is 0 Å². The molecule has 8 nitrogen and oxygen atoms in total. The number of carbonyl (C=O) groups excluding carboxylic acids is 5. The first-order valence-corrected chi connectivity index (χ1v) is 8.60. The zero-order valence-electron chi connectivity index (χ0n) is 17.4. The Labute approximate surface area is 177 Å². The maximum Gasteiger partial charge on any atom is 3.00 e. The molecule has 0 N–H and O–H groups in total. The maximum absolute atomic E-state index is 10.6. The SMILES string of the molecule is CC(=O)/C=C(/C)[O-].CCCC(C(C)=O)C(=O)[O-].CCCC(C(C)=O)C(=O)[O-].[Al+3]. The molecule has 0 saturated carbocycles. The molecule has 0 saturated heterocycles. The number of Topliss-reactive ketones (excluding diaryl/α,β-unsaturated/α-hetero) is 2. The van der Waals surface area contributed by atoms with E-state index in [1.54, 1.807) is 0 Å². The molecule has 0 radical (unpaired) electrons. The predicted octanol–water partition coefficient (Wildman–Crippen LogP) is -1.06. The van der Waals surface area contributed by atoms with E-state index in [1.165, 1.54) is 27.7 Å². The van der Waals surface area contributed by atoms with E-state index in [1.807, 2.05) is 13.8 Å². The number of hydrogen-bond acceptors (Lipinski definition) is 8. The van der Waals surface area contributed by atoms with E-state index in [-0.39, 0.29) is 40.5 Å². The van der Waals surface area contributed by atoms with Gasteiger partial charge >= 0.3 is 17.4 Å². The summed E-state index contributed by atoms with van der Waals surface area (Å²) in [6.45, 7) is 8.91. The topological polar surface area (TPSA) is 155 Å². The van der Waals surface area contributed by atoms with E-state index in [2.05, 4.69) is 0 Å². The van der Waals surface area contributed by atoms with Crippen LogP contribution in [0.2, 0.25) is 0 Å². The third-order valence-electron chi connectivity index (χ3n) is 3.11. The molecule has 0 spiro atoms. The average Bonchev–Trinajstić information content (AvgIpc) is 2.48. The summed E-state index contributed by atoms with van der Waals surface area (Å²) >= 11 is 0. The van der Waals surface area contributed by atoms with Crippen molar-refractivity contribution in [3.63, 3.8) is 0 Å². The molecule has 0 aliphatic carbocycles. The Morgan fingerprint density at radius 2 is 1.00 bits per heavy atom. The first-order valence-electron chi connectivity index (χ1n) is 8.60. The van der Waals surface area contributed by atoms with E-state index < -0.39 is 23.8 Å². The minimum Gasteiger partial charge on any atom is -0.876 e. The van der Waals surface area contributed by atoms with Crippen LogP contribution in [-0.2, 0) is 24.0 Å². The van der Waals surface area contributed by atoms with Gasteiger partial charge in [-0.15, -0.1) is 5.76 Å². The van der Waals surface area contributed by atoms with Crippen LogP contribution in [0.5, 0.6) is 0 Å². The van der Waals surface area contributed by atoms with Gasteiger partial charge in [0.2, 0.25) is 0 Å². The Morgan fingerprint density at radius 1 is 0.714 bits per heavy atom. The van der Waals surface area contributed by atoms with Crippen molar-refractivity contribution >= 4 is 46.6 Å². The van der Waals surface area contributed by atoms with Crippen LogP contribution in [0.3, 0.4) is 0 Å². The third kappa shape index (κ3) is 22.1. The van der Waals surface area contributed by atoms with Crippen molar-refractivity contribution in [2.24, 2.45) is 11.8 Å². The predicted molar refractivity (Wildman–Crippen MR) is 98.4 cm³/mol. The molecule has 2 atom stereocenters. The van der Waals surface area contributed by atoms with Gasteiger partial charge in [0.15, 0.2) is 5.78 Å². The largest absolute Gasteiger partial charge is 3.00 e. The Morgan fingerprint density at radius 3 is 1.04 bits per heavy atom. The van der Waals surface area contributed by atoms with Gasteiger partial charge < -0.3 is 24.9 Å².